The summed E-state index contributed by atoms with van der Waals surface area (Å²) in [7, 11) is -3.60. The van der Waals surface area contributed by atoms with Crippen molar-refractivity contribution in [3.63, 3.8) is 0 Å². The Bertz CT molecular complexity index is 770. The van der Waals surface area contributed by atoms with E-state index < -0.39 is 10.0 Å². The lowest BCUT2D eigenvalue weighted by atomic mass is 10.2. The van der Waals surface area contributed by atoms with E-state index in [-0.39, 0.29) is 10.2 Å². The molecule has 0 atom stereocenters. The Balaban J connectivity index is 1.73. The van der Waals surface area contributed by atoms with Crippen LogP contribution in [0.25, 0.3) is 0 Å². The van der Waals surface area contributed by atoms with Crippen LogP contribution in [0.15, 0.2) is 28.6 Å². The van der Waals surface area contributed by atoms with Crippen LogP contribution in [0, 0.1) is 12.7 Å². The van der Waals surface area contributed by atoms with Crippen LogP contribution < -0.4 is 4.90 Å². The lowest BCUT2D eigenvalue weighted by Crippen LogP contribution is -2.48. The van der Waals surface area contributed by atoms with Crippen molar-refractivity contribution in [2.75, 3.05) is 31.1 Å². The number of sulfonamides is 1. The van der Waals surface area contributed by atoms with Crippen LogP contribution in [0.4, 0.5) is 10.1 Å². The number of hydrogen-bond acceptors (Lipinski definition) is 6. The molecule has 9 heteroatoms. The predicted octanol–water partition coefficient (Wildman–Crippen LogP) is 1.50. The molecule has 0 unspecified atom stereocenters. The summed E-state index contributed by atoms with van der Waals surface area (Å²) in [4.78, 5) is 1.85. The first kappa shape index (κ1) is 15.3. The third kappa shape index (κ3) is 2.83. The third-order valence-corrected chi connectivity index (χ3v) is 6.58. The van der Waals surface area contributed by atoms with Gasteiger partial charge in [-0.3, -0.25) is 0 Å². The molecule has 1 aliphatic rings. The molecule has 1 fully saturated rings. The van der Waals surface area contributed by atoms with Gasteiger partial charge in [-0.1, -0.05) is 23.5 Å². The Hall–Kier alpha value is -1.58. The highest BCUT2D eigenvalue weighted by Crippen LogP contribution is 2.24. The van der Waals surface area contributed by atoms with Crippen LogP contribution in [0.1, 0.15) is 5.01 Å². The minimum atomic E-state index is -3.60. The first-order valence-electron chi connectivity index (χ1n) is 6.78. The molecule has 118 valence electrons. The van der Waals surface area contributed by atoms with E-state index in [0.717, 1.165) is 11.3 Å². The Morgan fingerprint density at radius 2 is 1.82 bits per heavy atom. The smallest absolute Gasteiger partial charge is 0.272 e. The van der Waals surface area contributed by atoms with Crippen molar-refractivity contribution < 1.29 is 12.8 Å². The number of nitrogens with zero attached hydrogens (tertiary/aromatic N) is 4. The lowest BCUT2D eigenvalue weighted by Gasteiger charge is -2.34. The fraction of sp³-hybridized carbons (Fsp3) is 0.385. The molecule has 2 aromatic rings. The molecule has 1 aliphatic heterocycles. The molecule has 0 saturated carbocycles. The molecule has 1 aromatic carbocycles. The molecule has 22 heavy (non-hydrogen) atoms. The summed E-state index contributed by atoms with van der Waals surface area (Å²) in [6.07, 6.45) is 0. The maximum Gasteiger partial charge on any atom is 0.272 e. The van der Waals surface area contributed by atoms with Crippen molar-refractivity contribution in [1.82, 2.24) is 14.5 Å². The number of para-hydroxylation sites is 1. The molecule has 2 heterocycles. The average molecular weight is 342 g/mol. The maximum atomic E-state index is 13.8. The number of piperazine rings is 1. The van der Waals surface area contributed by atoms with Crippen molar-refractivity contribution in [3.8, 4) is 0 Å². The van der Waals surface area contributed by atoms with Crippen molar-refractivity contribution in [3.05, 3.63) is 35.1 Å². The molecule has 0 bridgehead atoms. The van der Waals surface area contributed by atoms with Gasteiger partial charge in [0.1, 0.15) is 10.8 Å². The summed E-state index contributed by atoms with van der Waals surface area (Å²) < 4.78 is 40.1. The van der Waals surface area contributed by atoms with Gasteiger partial charge in [-0.05, 0) is 19.1 Å². The minimum absolute atomic E-state index is 0.0179. The zero-order valence-electron chi connectivity index (χ0n) is 11.9. The molecule has 0 aliphatic carbocycles. The summed E-state index contributed by atoms with van der Waals surface area (Å²) in [5.74, 6) is -0.293. The first-order chi connectivity index (χ1) is 10.5. The highest BCUT2D eigenvalue weighted by Gasteiger charge is 2.31. The van der Waals surface area contributed by atoms with Crippen molar-refractivity contribution >= 4 is 27.0 Å². The molecule has 3 rings (SSSR count). The van der Waals surface area contributed by atoms with Crippen molar-refractivity contribution in [2.24, 2.45) is 0 Å². The molecule has 1 aromatic heterocycles. The molecule has 0 amide bonds. The second-order valence-corrected chi connectivity index (χ2v) is 8.22. The second-order valence-electron chi connectivity index (χ2n) is 4.93. The molecule has 0 N–H and O–H groups in total. The molecule has 6 nitrogen and oxygen atoms in total. The first-order valence-corrected chi connectivity index (χ1v) is 9.04. The summed E-state index contributed by atoms with van der Waals surface area (Å²) in [6.45, 7) is 3.20. The Kier molecular flexibility index (Phi) is 4.11. The highest BCUT2D eigenvalue weighted by atomic mass is 32.2. The van der Waals surface area contributed by atoms with E-state index in [9.17, 15) is 12.8 Å². The Morgan fingerprint density at radius 3 is 2.41 bits per heavy atom. The normalized spacial score (nSPS) is 16.9. The third-order valence-electron chi connectivity index (χ3n) is 3.50. The Labute approximate surface area is 132 Å². The molecule has 0 radical (unpaired) electrons. The van der Waals surface area contributed by atoms with Crippen molar-refractivity contribution in [1.29, 1.82) is 0 Å². The molecular weight excluding hydrogens is 327 g/mol. The Morgan fingerprint density at radius 1 is 1.14 bits per heavy atom. The van der Waals surface area contributed by atoms with E-state index in [2.05, 4.69) is 10.2 Å². The van der Waals surface area contributed by atoms with Crippen molar-refractivity contribution in [2.45, 2.75) is 11.3 Å². The predicted molar refractivity (Wildman–Crippen MR) is 82.0 cm³/mol. The zero-order chi connectivity index (χ0) is 15.7. The summed E-state index contributed by atoms with van der Waals surface area (Å²) >= 11 is 1.06. The van der Waals surface area contributed by atoms with Gasteiger partial charge in [0.2, 0.25) is 4.34 Å². The number of anilines is 1. The van der Waals surface area contributed by atoms with E-state index in [1.807, 2.05) is 4.90 Å². The van der Waals surface area contributed by atoms with Gasteiger partial charge in [0, 0.05) is 26.2 Å². The molecular formula is C13H15FN4O2S2. The van der Waals surface area contributed by atoms with Gasteiger partial charge in [0.15, 0.2) is 0 Å². The number of aromatic nitrogens is 2. The van der Waals surface area contributed by atoms with E-state index in [4.69, 9.17) is 0 Å². The van der Waals surface area contributed by atoms with Crippen LogP contribution in [0.2, 0.25) is 0 Å². The highest BCUT2D eigenvalue weighted by molar-refractivity contribution is 7.91. The average Bonchev–Trinajstić information content (AvgIpc) is 2.95. The van der Waals surface area contributed by atoms with Gasteiger partial charge in [-0.25, -0.2) is 12.8 Å². The van der Waals surface area contributed by atoms with E-state index in [1.54, 1.807) is 25.1 Å². The number of rotatable bonds is 3. The van der Waals surface area contributed by atoms with Gasteiger partial charge in [0.25, 0.3) is 10.0 Å². The minimum Gasteiger partial charge on any atom is -0.367 e. The van der Waals surface area contributed by atoms with E-state index >= 15 is 0 Å². The van der Waals surface area contributed by atoms with Gasteiger partial charge in [-0.2, -0.15) is 4.31 Å². The monoisotopic (exact) mass is 342 g/mol. The van der Waals surface area contributed by atoms with Crippen LogP contribution in [0.5, 0.6) is 0 Å². The van der Waals surface area contributed by atoms with Crippen LogP contribution in [0.3, 0.4) is 0 Å². The maximum absolute atomic E-state index is 13.8. The molecule has 0 spiro atoms. The lowest BCUT2D eigenvalue weighted by molar-refractivity contribution is 0.382. The van der Waals surface area contributed by atoms with Gasteiger partial charge >= 0.3 is 0 Å². The summed E-state index contributed by atoms with van der Waals surface area (Å²) in [5, 5.41) is 8.09. The number of hydrogen-bond donors (Lipinski definition) is 0. The van der Waals surface area contributed by atoms with Gasteiger partial charge < -0.3 is 4.90 Å². The van der Waals surface area contributed by atoms with Crippen LogP contribution in [-0.4, -0.2) is 49.1 Å². The van der Waals surface area contributed by atoms with Gasteiger partial charge in [0.05, 0.1) is 5.69 Å². The van der Waals surface area contributed by atoms with Gasteiger partial charge in [-0.15, -0.1) is 10.2 Å². The summed E-state index contributed by atoms with van der Waals surface area (Å²) in [6, 6.07) is 6.51. The van der Waals surface area contributed by atoms with Crippen LogP contribution in [-0.2, 0) is 10.0 Å². The quantitative estimate of drug-likeness (QED) is 0.846. The standard InChI is InChI=1S/C13H15FN4O2S2/c1-10-15-16-13(21-10)22(19,20)18-8-6-17(7-9-18)12-5-3-2-4-11(12)14/h2-5H,6-9H2,1H3. The number of aryl methyl sites for hydroxylation is 1. The van der Waals surface area contributed by atoms with E-state index in [0.29, 0.717) is 36.9 Å². The second kappa shape index (κ2) is 5.90. The SMILES string of the molecule is Cc1nnc(S(=O)(=O)N2CCN(c3ccccc3F)CC2)s1. The fourth-order valence-corrected chi connectivity index (χ4v) is 4.89. The largest absolute Gasteiger partial charge is 0.367 e. The van der Waals surface area contributed by atoms with E-state index in [1.165, 1.54) is 10.4 Å². The topological polar surface area (TPSA) is 66.4 Å². The molecule has 1 saturated heterocycles. The fourth-order valence-electron chi connectivity index (χ4n) is 2.37. The number of benzene rings is 1. The number of halogens is 1. The zero-order valence-corrected chi connectivity index (χ0v) is 13.6. The summed E-state index contributed by atoms with van der Waals surface area (Å²) in [5.41, 5.74) is 0.506. The van der Waals surface area contributed by atoms with Crippen LogP contribution >= 0.6 is 11.3 Å².